The molecule has 0 saturated carbocycles. The van der Waals surface area contributed by atoms with Crippen molar-refractivity contribution in [3.05, 3.63) is 76.4 Å². The zero-order valence-corrected chi connectivity index (χ0v) is 21.1. The Morgan fingerprint density at radius 2 is 1.81 bits per heavy atom. The van der Waals surface area contributed by atoms with Gasteiger partial charge in [0.05, 0.1) is 5.69 Å². The highest BCUT2D eigenvalue weighted by atomic mass is 32.1. The Bertz CT molecular complexity index is 1300. The summed E-state index contributed by atoms with van der Waals surface area (Å²) in [6.07, 6.45) is 2.06. The number of aldehydes is 1. The van der Waals surface area contributed by atoms with Crippen molar-refractivity contribution in [2.45, 2.75) is 32.1 Å². The van der Waals surface area contributed by atoms with Crippen LogP contribution in [0.3, 0.4) is 0 Å². The molecule has 3 heterocycles. The number of hydrogen-bond donors (Lipinski definition) is 1. The van der Waals surface area contributed by atoms with E-state index in [1.165, 1.54) is 0 Å². The summed E-state index contributed by atoms with van der Waals surface area (Å²) in [6, 6.07) is 17.0. The smallest absolute Gasteiger partial charge is 0.291 e. The molecular formula is C27H28N4O4S. The quantitative estimate of drug-likeness (QED) is 0.346. The van der Waals surface area contributed by atoms with Crippen molar-refractivity contribution >= 4 is 23.5 Å². The van der Waals surface area contributed by atoms with Crippen molar-refractivity contribution in [1.82, 2.24) is 20.4 Å². The molecule has 4 aromatic rings. The molecule has 0 aliphatic carbocycles. The first kappa shape index (κ1) is 25.4. The number of amides is 1. The van der Waals surface area contributed by atoms with Crippen LogP contribution in [0.15, 0.2) is 64.5 Å². The van der Waals surface area contributed by atoms with Gasteiger partial charge in [0, 0.05) is 47.2 Å². The number of carbonyl (C=O) groups excluding carboxylic acids is 2. The van der Waals surface area contributed by atoms with E-state index in [1.807, 2.05) is 44.2 Å². The van der Waals surface area contributed by atoms with Gasteiger partial charge < -0.3 is 14.6 Å². The molecule has 2 aromatic carbocycles. The zero-order valence-electron chi connectivity index (χ0n) is 20.3. The molecular weight excluding hydrogens is 476 g/mol. The lowest BCUT2D eigenvalue weighted by Crippen LogP contribution is -2.44. The average Bonchev–Trinajstić information content (AvgIpc) is 3.65. The molecule has 0 spiro atoms. The van der Waals surface area contributed by atoms with E-state index in [9.17, 15) is 9.59 Å². The molecule has 186 valence electrons. The van der Waals surface area contributed by atoms with E-state index in [-0.39, 0.29) is 23.0 Å². The van der Waals surface area contributed by atoms with Gasteiger partial charge in [0.15, 0.2) is 0 Å². The monoisotopic (exact) mass is 504 g/mol. The van der Waals surface area contributed by atoms with E-state index in [1.54, 1.807) is 35.6 Å². The molecule has 36 heavy (non-hydrogen) atoms. The van der Waals surface area contributed by atoms with Crippen molar-refractivity contribution in [1.29, 1.82) is 0 Å². The maximum Gasteiger partial charge on any atom is 0.291 e. The molecule has 0 bridgehead atoms. The van der Waals surface area contributed by atoms with Gasteiger partial charge in [-0.3, -0.25) is 9.59 Å². The van der Waals surface area contributed by atoms with Crippen LogP contribution < -0.4 is 5.32 Å². The third-order valence-corrected chi connectivity index (χ3v) is 7.08. The largest absolute Gasteiger partial charge is 0.381 e. The summed E-state index contributed by atoms with van der Waals surface area (Å²) in [5.74, 6) is -0.0508. The van der Waals surface area contributed by atoms with E-state index in [0.717, 1.165) is 29.1 Å². The second-order valence-electron chi connectivity index (χ2n) is 8.13. The van der Waals surface area contributed by atoms with E-state index in [0.29, 0.717) is 37.2 Å². The Morgan fingerprint density at radius 3 is 2.53 bits per heavy atom. The van der Waals surface area contributed by atoms with Gasteiger partial charge in [-0.2, -0.15) is 4.98 Å². The molecule has 1 aliphatic heterocycles. The summed E-state index contributed by atoms with van der Waals surface area (Å²) >= 11 is 1.63. The molecule has 9 heteroatoms. The minimum absolute atomic E-state index is 0.107. The summed E-state index contributed by atoms with van der Waals surface area (Å²) in [6.45, 7) is 5.71. The van der Waals surface area contributed by atoms with Crippen LogP contribution in [0, 0.1) is 0 Å². The molecule has 2 aromatic heterocycles. The number of aromatic nitrogens is 3. The van der Waals surface area contributed by atoms with Crippen LogP contribution in [0.5, 0.6) is 0 Å². The first-order valence-electron chi connectivity index (χ1n) is 11.9. The fourth-order valence-corrected chi connectivity index (χ4v) is 5.13. The van der Waals surface area contributed by atoms with Crippen LogP contribution in [-0.2, 0) is 10.2 Å². The van der Waals surface area contributed by atoms with Crippen molar-refractivity contribution < 1.29 is 18.8 Å². The third kappa shape index (κ3) is 5.58. The predicted molar refractivity (Wildman–Crippen MR) is 138 cm³/mol. The number of nitrogens with zero attached hydrogens (tertiary/aromatic N) is 3. The van der Waals surface area contributed by atoms with Crippen LogP contribution in [0.1, 0.15) is 52.7 Å². The second-order valence-corrected chi connectivity index (χ2v) is 8.99. The molecule has 1 fully saturated rings. The molecule has 0 atom stereocenters. The van der Waals surface area contributed by atoms with Gasteiger partial charge in [-0.1, -0.05) is 61.5 Å². The first-order chi connectivity index (χ1) is 17.7. The molecule has 1 N–H and O–H groups in total. The van der Waals surface area contributed by atoms with Crippen LogP contribution in [0.4, 0.5) is 0 Å². The van der Waals surface area contributed by atoms with E-state index < -0.39 is 0 Å². The third-order valence-electron chi connectivity index (χ3n) is 5.99. The van der Waals surface area contributed by atoms with Crippen molar-refractivity contribution in [2.75, 3.05) is 19.8 Å². The summed E-state index contributed by atoms with van der Waals surface area (Å²) < 4.78 is 10.5. The molecule has 8 nitrogen and oxygen atoms in total. The Labute approximate surface area is 213 Å². The van der Waals surface area contributed by atoms with Gasteiger partial charge in [0.25, 0.3) is 11.8 Å². The predicted octanol–water partition coefficient (Wildman–Crippen LogP) is 5.18. The number of carbonyl (C=O) groups is 2. The SMILES string of the molecule is CC.O=Cc1nc(-c2cccc(C(=O)NCC3(c4nc(-c5ccccc5)cs4)CCOCC3)c2)no1. The number of thiazole rings is 1. The van der Waals surface area contributed by atoms with E-state index >= 15 is 0 Å². The lowest BCUT2D eigenvalue weighted by Gasteiger charge is -2.35. The normalized spacial score (nSPS) is 14.4. The van der Waals surface area contributed by atoms with Crippen LogP contribution in [-0.4, -0.2) is 47.1 Å². The van der Waals surface area contributed by atoms with Crippen LogP contribution >= 0.6 is 11.3 Å². The van der Waals surface area contributed by atoms with Gasteiger partial charge in [-0.05, 0) is 25.0 Å². The van der Waals surface area contributed by atoms with Gasteiger partial charge in [-0.25, -0.2) is 4.98 Å². The zero-order chi connectivity index (χ0) is 25.4. The number of hydrogen-bond acceptors (Lipinski definition) is 8. The maximum absolute atomic E-state index is 13.1. The fourth-order valence-electron chi connectivity index (χ4n) is 4.04. The molecule has 1 saturated heterocycles. The summed E-state index contributed by atoms with van der Waals surface area (Å²) in [5, 5.41) is 9.98. The topological polar surface area (TPSA) is 107 Å². The summed E-state index contributed by atoms with van der Waals surface area (Å²) in [4.78, 5) is 32.8. The van der Waals surface area contributed by atoms with E-state index in [2.05, 4.69) is 20.8 Å². The minimum Gasteiger partial charge on any atom is -0.381 e. The summed E-state index contributed by atoms with van der Waals surface area (Å²) in [7, 11) is 0. The molecule has 1 aliphatic rings. The number of rotatable bonds is 7. The Hall–Kier alpha value is -3.69. The number of nitrogens with one attached hydrogen (secondary N) is 1. The lowest BCUT2D eigenvalue weighted by atomic mass is 9.80. The molecule has 5 rings (SSSR count). The van der Waals surface area contributed by atoms with Crippen molar-refractivity contribution in [2.24, 2.45) is 0 Å². The van der Waals surface area contributed by atoms with Gasteiger partial charge in [0.1, 0.15) is 5.01 Å². The first-order valence-corrected chi connectivity index (χ1v) is 12.8. The minimum atomic E-state index is -0.282. The maximum atomic E-state index is 13.1. The Kier molecular flexibility index (Phi) is 8.35. The van der Waals surface area contributed by atoms with Gasteiger partial charge in [0.2, 0.25) is 12.1 Å². The van der Waals surface area contributed by atoms with Gasteiger partial charge in [-0.15, -0.1) is 11.3 Å². The van der Waals surface area contributed by atoms with Crippen molar-refractivity contribution in [3.8, 4) is 22.6 Å². The van der Waals surface area contributed by atoms with Crippen molar-refractivity contribution in [3.63, 3.8) is 0 Å². The fraction of sp³-hybridized carbons (Fsp3) is 0.296. The number of benzene rings is 2. The number of ether oxygens (including phenoxy) is 1. The van der Waals surface area contributed by atoms with E-state index in [4.69, 9.17) is 14.2 Å². The average molecular weight is 505 g/mol. The van der Waals surface area contributed by atoms with Gasteiger partial charge >= 0.3 is 0 Å². The van der Waals surface area contributed by atoms with Crippen LogP contribution in [0.2, 0.25) is 0 Å². The lowest BCUT2D eigenvalue weighted by molar-refractivity contribution is 0.0486. The molecule has 0 radical (unpaired) electrons. The highest BCUT2D eigenvalue weighted by Gasteiger charge is 2.38. The highest BCUT2D eigenvalue weighted by Crippen LogP contribution is 2.38. The summed E-state index contributed by atoms with van der Waals surface area (Å²) in [5.41, 5.74) is 2.81. The molecule has 1 amide bonds. The standard InChI is InChI=1S/C25H22N4O4S.C2H6/c30-14-21-28-22(29-33-21)18-7-4-8-19(13-18)23(31)26-16-25(9-11-32-12-10-25)24-27-20(15-34-24)17-5-2-1-3-6-17;1-2/h1-8,13-15H,9-12,16H2,(H,26,31);1-2H3. The molecule has 0 unspecified atom stereocenters. The second kappa shape index (κ2) is 11.8. The van der Waals surface area contributed by atoms with Crippen LogP contribution in [0.25, 0.3) is 22.6 Å². The highest BCUT2D eigenvalue weighted by molar-refractivity contribution is 7.10. The Balaban J connectivity index is 0.00000148. The Morgan fingerprint density at radius 1 is 1.06 bits per heavy atom.